The fraction of sp³-hybridized carbons (Fsp3) is 0.706. The summed E-state index contributed by atoms with van der Waals surface area (Å²) in [5.41, 5.74) is 0.957. The fourth-order valence-corrected chi connectivity index (χ4v) is 2.50. The molecule has 2 rings (SSSR count). The van der Waals surface area contributed by atoms with Crippen LogP contribution in [0.4, 0.5) is 5.82 Å². The lowest BCUT2D eigenvalue weighted by molar-refractivity contribution is 0.564. The molecule has 1 fully saturated rings. The third kappa shape index (κ3) is 5.15. The van der Waals surface area contributed by atoms with Gasteiger partial charge >= 0.3 is 0 Å². The molecule has 0 amide bonds. The predicted molar refractivity (Wildman–Crippen MR) is 91.0 cm³/mol. The van der Waals surface area contributed by atoms with Crippen LogP contribution in [0.3, 0.4) is 0 Å². The molecule has 118 valence electrons. The minimum Gasteiger partial charge on any atom is -0.354 e. The van der Waals surface area contributed by atoms with Gasteiger partial charge in [-0.15, -0.1) is 0 Å². The molecule has 1 saturated carbocycles. The van der Waals surface area contributed by atoms with E-state index in [4.69, 9.17) is 16.6 Å². The van der Waals surface area contributed by atoms with Gasteiger partial charge in [-0.2, -0.15) is 0 Å². The third-order valence-electron chi connectivity index (χ3n) is 3.81. The lowest BCUT2D eigenvalue weighted by Gasteiger charge is -2.25. The number of nitrogens with zero attached hydrogens (tertiary/aromatic N) is 2. The minimum atomic E-state index is 0.437. The minimum absolute atomic E-state index is 0.437. The maximum atomic E-state index is 6.29. The molecular weight excluding hydrogens is 282 g/mol. The monoisotopic (exact) mass is 309 g/mol. The average Bonchev–Trinajstić information content (AvgIpc) is 3.23. The van der Waals surface area contributed by atoms with E-state index in [1.807, 2.05) is 6.07 Å². The van der Waals surface area contributed by atoms with Gasteiger partial charge in [0.15, 0.2) is 0 Å². The van der Waals surface area contributed by atoms with E-state index in [1.54, 1.807) is 0 Å². The molecule has 1 aromatic rings. The Labute approximate surface area is 134 Å². The maximum absolute atomic E-state index is 6.29. The van der Waals surface area contributed by atoms with Gasteiger partial charge in [-0.1, -0.05) is 39.3 Å². The number of aromatic nitrogens is 1. The largest absolute Gasteiger partial charge is 0.354 e. The summed E-state index contributed by atoms with van der Waals surface area (Å²) in [6.07, 6.45) is 3.80. The molecule has 0 unspecified atom stereocenters. The van der Waals surface area contributed by atoms with E-state index in [2.05, 4.69) is 44.0 Å². The van der Waals surface area contributed by atoms with Gasteiger partial charge in [0.1, 0.15) is 5.82 Å². The van der Waals surface area contributed by atoms with Gasteiger partial charge in [-0.25, -0.2) is 4.98 Å². The predicted octanol–water partition coefficient (Wildman–Crippen LogP) is 4.25. The van der Waals surface area contributed by atoms with Crippen molar-refractivity contribution in [1.29, 1.82) is 0 Å². The zero-order chi connectivity index (χ0) is 15.4. The molecule has 1 aliphatic rings. The summed E-state index contributed by atoms with van der Waals surface area (Å²) in [5.74, 6) is 1.81. The van der Waals surface area contributed by atoms with Crippen LogP contribution in [0.15, 0.2) is 12.1 Å². The fourth-order valence-electron chi connectivity index (χ4n) is 2.33. The summed E-state index contributed by atoms with van der Waals surface area (Å²) in [6.45, 7) is 10.6. The molecule has 21 heavy (non-hydrogen) atoms. The van der Waals surface area contributed by atoms with Gasteiger partial charge < -0.3 is 10.2 Å². The number of anilines is 1. The molecule has 0 radical (unpaired) electrons. The van der Waals surface area contributed by atoms with E-state index in [-0.39, 0.29) is 0 Å². The molecule has 0 spiro atoms. The van der Waals surface area contributed by atoms with Gasteiger partial charge in [-0.05, 0) is 37.3 Å². The molecule has 1 aliphatic carbocycles. The first-order valence-corrected chi connectivity index (χ1v) is 8.50. The summed E-state index contributed by atoms with van der Waals surface area (Å²) in [5, 5.41) is 4.15. The van der Waals surface area contributed by atoms with E-state index in [0.29, 0.717) is 12.1 Å². The molecular formula is C17H28ClN3. The number of hydrogen-bond donors (Lipinski definition) is 1. The molecule has 1 N–H and O–H groups in total. The highest BCUT2D eigenvalue weighted by molar-refractivity contribution is 6.31. The first-order chi connectivity index (χ1) is 9.97. The van der Waals surface area contributed by atoms with Crippen molar-refractivity contribution in [2.75, 3.05) is 11.4 Å². The van der Waals surface area contributed by atoms with Crippen molar-refractivity contribution in [1.82, 2.24) is 10.3 Å². The van der Waals surface area contributed by atoms with Crippen molar-refractivity contribution >= 4 is 17.4 Å². The Balaban J connectivity index is 2.10. The van der Waals surface area contributed by atoms with Gasteiger partial charge in [0.25, 0.3) is 0 Å². The normalized spacial score (nSPS) is 15.0. The Morgan fingerprint density at radius 3 is 2.57 bits per heavy atom. The van der Waals surface area contributed by atoms with Crippen LogP contribution in [0.5, 0.6) is 0 Å². The summed E-state index contributed by atoms with van der Waals surface area (Å²) >= 11 is 6.29. The van der Waals surface area contributed by atoms with Gasteiger partial charge in [-0.3, -0.25) is 0 Å². The highest BCUT2D eigenvalue weighted by atomic mass is 35.5. The standard InChI is InChI=1S/C17H28ClN3/c1-12(2)9-10-21(14-5-6-14)17-8-7-15(18)16(20-17)11-19-13(3)4/h7-8,12-14,19H,5-6,9-11H2,1-4H3. The third-order valence-corrected chi connectivity index (χ3v) is 4.16. The van der Waals surface area contributed by atoms with Gasteiger partial charge in [0, 0.05) is 25.2 Å². The van der Waals surface area contributed by atoms with Crippen LogP contribution >= 0.6 is 11.6 Å². The Morgan fingerprint density at radius 2 is 2.00 bits per heavy atom. The molecule has 4 heteroatoms. The Kier molecular flexibility index (Phi) is 5.88. The van der Waals surface area contributed by atoms with Crippen LogP contribution in [0.25, 0.3) is 0 Å². The van der Waals surface area contributed by atoms with Crippen molar-refractivity contribution in [3.63, 3.8) is 0 Å². The number of hydrogen-bond acceptors (Lipinski definition) is 3. The lowest BCUT2D eigenvalue weighted by atomic mass is 10.1. The Hall–Kier alpha value is -0.800. The zero-order valence-corrected chi connectivity index (χ0v) is 14.5. The van der Waals surface area contributed by atoms with E-state index in [9.17, 15) is 0 Å². The van der Waals surface area contributed by atoms with Crippen molar-refractivity contribution < 1.29 is 0 Å². The molecule has 0 atom stereocenters. The zero-order valence-electron chi connectivity index (χ0n) is 13.7. The van der Waals surface area contributed by atoms with Gasteiger partial charge in [0.2, 0.25) is 0 Å². The number of halogens is 1. The molecule has 0 saturated heterocycles. The van der Waals surface area contributed by atoms with Crippen molar-refractivity contribution in [2.45, 2.75) is 65.6 Å². The van der Waals surface area contributed by atoms with E-state index in [0.717, 1.165) is 35.5 Å². The number of rotatable bonds is 8. The van der Waals surface area contributed by atoms with E-state index >= 15 is 0 Å². The van der Waals surface area contributed by atoms with E-state index < -0.39 is 0 Å². The number of nitrogens with one attached hydrogen (secondary N) is 1. The molecule has 1 aromatic heterocycles. The second-order valence-corrected chi connectivity index (χ2v) is 7.15. The van der Waals surface area contributed by atoms with Crippen LogP contribution < -0.4 is 10.2 Å². The quantitative estimate of drug-likeness (QED) is 0.778. The summed E-state index contributed by atoms with van der Waals surface area (Å²) in [7, 11) is 0. The summed E-state index contributed by atoms with van der Waals surface area (Å²) in [6, 6.07) is 5.18. The molecule has 1 heterocycles. The maximum Gasteiger partial charge on any atom is 0.129 e. The van der Waals surface area contributed by atoms with Crippen molar-refractivity contribution in [3.05, 3.63) is 22.8 Å². The van der Waals surface area contributed by atoms with Crippen LogP contribution in [-0.4, -0.2) is 23.6 Å². The smallest absolute Gasteiger partial charge is 0.129 e. The summed E-state index contributed by atoms with van der Waals surface area (Å²) in [4.78, 5) is 7.28. The van der Waals surface area contributed by atoms with Gasteiger partial charge in [0.05, 0.1) is 10.7 Å². The summed E-state index contributed by atoms with van der Waals surface area (Å²) < 4.78 is 0. The highest BCUT2D eigenvalue weighted by Crippen LogP contribution is 2.32. The second kappa shape index (κ2) is 7.46. The Bertz CT molecular complexity index is 455. The topological polar surface area (TPSA) is 28.2 Å². The van der Waals surface area contributed by atoms with Crippen LogP contribution in [-0.2, 0) is 6.54 Å². The van der Waals surface area contributed by atoms with Crippen LogP contribution in [0, 0.1) is 5.92 Å². The first kappa shape index (κ1) is 16.6. The van der Waals surface area contributed by atoms with Crippen LogP contribution in [0.2, 0.25) is 5.02 Å². The lowest BCUT2D eigenvalue weighted by Crippen LogP contribution is -2.29. The number of pyridine rings is 1. The molecule has 0 aromatic carbocycles. The molecule has 3 nitrogen and oxygen atoms in total. The van der Waals surface area contributed by atoms with Crippen molar-refractivity contribution in [2.24, 2.45) is 5.92 Å². The molecule has 0 bridgehead atoms. The second-order valence-electron chi connectivity index (χ2n) is 6.74. The van der Waals surface area contributed by atoms with E-state index in [1.165, 1.54) is 19.3 Å². The van der Waals surface area contributed by atoms with Crippen molar-refractivity contribution in [3.8, 4) is 0 Å². The molecule has 0 aliphatic heterocycles. The Morgan fingerprint density at radius 1 is 1.29 bits per heavy atom. The van der Waals surface area contributed by atoms with Crippen LogP contribution in [0.1, 0.15) is 52.7 Å². The average molecular weight is 310 g/mol. The highest BCUT2D eigenvalue weighted by Gasteiger charge is 2.30. The SMILES string of the molecule is CC(C)CCN(c1ccc(Cl)c(CNC(C)C)n1)C1CC1. The first-order valence-electron chi connectivity index (χ1n) is 8.12.